The third-order valence-corrected chi connectivity index (χ3v) is 1.48. The normalized spacial score (nSPS) is 11.6. The Morgan fingerprint density at radius 2 is 1.94 bits per heavy atom. The fourth-order valence-electron chi connectivity index (χ4n) is 0.833. The zero-order valence-electron chi connectivity index (χ0n) is 11.1. The van der Waals surface area contributed by atoms with E-state index >= 15 is 0 Å². The minimum absolute atomic E-state index is 0. The minimum atomic E-state index is 0. The van der Waals surface area contributed by atoms with Gasteiger partial charge in [0.1, 0.15) is 0 Å². The molecule has 0 amide bonds. The summed E-state index contributed by atoms with van der Waals surface area (Å²) in [5.74, 6) is 0. The fraction of sp³-hybridized carbons (Fsp3) is 0.333. The van der Waals surface area contributed by atoms with Crippen molar-refractivity contribution < 1.29 is 1.43 Å². The van der Waals surface area contributed by atoms with Gasteiger partial charge in [0.25, 0.3) is 0 Å². The first-order valence-electron chi connectivity index (χ1n) is 5.80. The molecule has 1 rings (SSSR count). The van der Waals surface area contributed by atoms with Gasteiger partial charge in [0.15, 0.2) is 0 Å². The van der Waals surface area contributed by atoms with Crippen LogP contribution in [0.15, 0.2) is 59.8 Å². The van der Waals surface area contributed by atoms with E-state index in [9.17, 15) is 0 Å². The molecule has 0 aromatic rings. The molecule has 0 heterocycles. The summed E-state index contributed by atoms with van der Waals surface area (Å²) in [7, 11) is 0. The van der Waals surface area contributed by atoms with Gasteiger partial charge in [-0.15, -0.1) is 0 Å². The molecule has 90 valence electrons. The Bertz CT molecular complexity index is 336. The highest BCUT2D eigenvalue weighted by Crippen LogP contribution is 2.00. The van der Waals surface area contributed by atoms with Crippen molar-refractivity contribution in [3.63, 3.8) is 0 Å². The molecule has 0 atom stereocenters. The summed E-state index contributed by atoms with van der Waals surface area (Å²) in [5, 5.41) is 3.17. The number of allylic oxidation sites excluding steroid dienone is 5. The van der Waals surface area contributed by atoms with Gasteiger partial charge < -0.3 is 5.32 Å². The first-order valence-corrected chi connectivity index (χ1v) is 5.80. The van der Waals surface area contributed by atoms with Crippen LogP contribution in [-0.4, -0.2) is 0 Å². The van der Waals surface area contributed by atoms with Crippen LogP contribution in [0.1, 0.15) is 36.0 Å². The van der Waals surface area contributed by atoms with Gasteiger partial charge in [0, 0.05) is 18.9 Å². The van der Waals surface area contributed by atoms with E-state index in [2.05, 4.69) is 23.4 Å². The maximum atomic E-state index is 3.68. The number of nitrogens with one attached hydrogen (secondary N) is 1. The van der Waals surface area contributed by atoms with Crippen LogP contribution in [0.2, 0.25) is 0 Å². The molecule has 1 nitrogen and oxygen atoms in total. The average molecular weight is 219 g/mol. The highest BCUT2D eigenvalue weighted by Gasteiger charge is 1.92. The van der Waals surface area contributed by atoms with E-state index in [1.165, 1.54) is 0 Å². The molecule has 0 aromatic carbocycles. The van der Waals surface area contributed by atoms with Crippen molar-refractivity contribution >= 4 is 0 Å². The molecule has 1 aliphatic rings. The Morgan fingerprint density at radius 1 is 1.31 bits per heavy atom. The van der Waals surface area contributed by atoms with Crippen molar-refractivity contribution in [2.24, 2.45) is 0 Å². The van der Waals surface area contributed by atoms with Gasteiger partial charge in [0.2, 0.25) is 0 Å². The molecule has 0 bridgehead atoms. The number of hydrogen-bond acceptors (Lipinski definition) is 1. The lowest BCUT2D eigenvalue weighted by atomic mass is 10.3. The maximum absolute atomic E-state index is 3.68. The van der Waals surface area contributed by atoms with E-state index in [0.29, 0.717) is 0 Å². The Balaban J connectivity index is -0.000000355. The highest BCUT2D eigenvalue weighted by atomic mass is 14.9. The lowest BCUT2D eigenvalue weighted by Gasteiger charge is -2.06. The molecule has 1 N–H and O–H groups in total. The first kappa shape index (κ1) is 16.7. The van der Waals surface area contributed by atoms with Gasteiger partial charge in [-0.25, -0.2) is 0 Å². The molecule has 0 unspecified atom stereocenters. The molecule has 0 saturated heterocycles. The lowest BCUT2D eigenvalue weighted by molar-refractivity contribution is 1.04. The third-order valence-electron chi connectivity index (χ3n) is 1.48. The van der Waals surface area contributed by atoms with Gasteiger partial charge in [-0.1, -0.05) is 51.8 Å². The van der Waals surface area contributed by atoms with Crippen LogP contribution in [0.5, 0.6) is 0 Å². The van der Waals surface area contributed by atoms with E-state index in [4.69, 9.17) is 0 Å². The molecule has 0 aliphatic heterocycles. The zero-order chi connectivity index (χ0) is 12.8. The maximum Gasteiger partial charge on any atom is 0.0475 e. The Hall–Kier alpha value is -1.68. The van der Waals surface area contributed by atoms with Crippen LogP contribution < -0.4 is 5.32 Å². The van der Waals surface area contributed by atoms with Crippen molar-refractivity contribution in [1.82, 2.24) is 5.32 Å². The molecule has 0 radical (unpaired) electrons. The number of hydrogen-bond donors (Lipinski definition) is 1. The summed E-state index contributed by atoms with van der Waals surface area (Å²) < 4.78 is 0. The van der Waals surface area contributed by atoms with Gasteiger partial charge in [0.05, 0.1) is 0 Å². The van der Waals surface area contributed by atoms with Crippen LogP contribution in [0.4, 0.5) is 0 Å². The van der Waals surface area contributed by atoms with Crippen LogP contribution in [0.25, 0.3) is 0 Å². The Labute approximate surface area is 102 Å². The molecular weight excluding hydrogens is 194 g/mol. The Kier molecular flexibility index (Phi) is 13.9. The quantitative estimate of drug-likeness (QED) is 0.534. The van der Waals surface area contributed by atoms with Crippen LogP contribution in [-0.2, 0) is 0 Å². The van der Waals surface area contributed by atoms with Crippen molar-refractivity contribution in [3.8, 4) is 0 Å². The molecule has 16 heavy (non-hydrogen) atoms. The van der Waals surface area contributed by atoms with Crippen LogP contribution >= 0.6 is 0 Å². The predicted octanol–water partition coefficient (Wildman–Crippen LogP) is 4.73. The van der Waals surface area contributed by atoms with Crippen LogP contribution in [0.3, 0.4) is 0 Å². The summed E-state index contributed by atoms with van der Waals surface area (Å²) in [6.07, 6.45) is 9.33. The van der Waals surface area contributed by atoms with Gasteiger partial charge >= 0.3 is 0 Å². The van der Waals surface area contributed by atoms with Crippen molar-refractivity contribution in [3.05, 3.63) is 59.8 Å². The van der Waals surface area contributed by atoms with Gasteiger partial charge in [-0.05, 0) is 25.2 Å². The van der Waals surface area contributed by atoms with E-state index in [1.807, 2.05) is 58.9 Å². The summed E-state index contributed by atoms with van der Waals surface area (Å²) in [6, 6.07) is 0. The monoisotopic (exact) mass is 219 g/mol. The lowest BCUT2D eigenvalue weighted by Crippen LogP contribution is -2.09. The second kappa shape index (κ2) is 13.3. The molecule has 0 aromatic heterocycles. The summed E-state index contributed by atoms with van der Waals surface area (Å²) in [4.78, 5) is 0. The van der Waals surface area contributed by atoms with Gasteiger partial charge in [-0.3, -0.25) is 0 Å². The summed E-state index contributed by atoms with van der Waals surface area (Å²) >= 11 is 0. The molecule has 1 heteroatoms. The van der Waals surface area contributed by atoms with Crippen molar-refractivity contribution in [2.45, 2.75) is 34.6 Å². The van der Waals surface area contributed by atoms with E-state index in [0.717, 1.165) is 11.4 Å². The van der Waals surface area contributed by atoms with E-state index in [-0.39, 0.29) is 1.43 Å². The van der Waals surface area contributed by atoms with E-state index < -0.39 is 0 Å². The molecule has 0 fully saturated rings. The minimum Gasteiger partial charge on any atom is -0.355 e. The topological polar surface area (TPSA) is 12.0 Å². The average Bonchev–Trinajstić information content (AvgIpc) is 2.42. The molecule has 1 aliphatic carbocycles. The smallest absolute Gasteiger partial charge is 0.0475 e. The standard InChI is InChI=1S/C11H11N.2C2H6.H2/c1-3-10(4-2)12-11-8-6-5-7-9-11;2*1-2;/h3-4,6,8-9,12H,1H2,2H3;2*1-2H3;1H/b10-4+;;;. The second-order valence-electron chi connectivity index (χ2n) is 2.29. The highest BCUT2D eigenvalue weighted by molar-refractivity contribution is 5.30. The first-order chi connectivity index (χ1) is 7.86. The zero-order valence-corrected chi connectivity index (χ0v) is 11.1. The molecular formula is C15H25N. The second-order valence-corrected chi connectivity index (χ2v) is 2.29. The van der Waals surface area contributed by atoms with Crippen LogP contribution in [0, 0.1) is 0 Å². The largest absolute Gasteiger partial charge is 0.355 e. The molecule has 0 saturated carbocycles. The van der Waals surface area contributed by atoms with E-state index in [1.54, 1.807) is 6.08 Å². The van der Waals surface area contributed by atoms with Crippen molar-refractivity contribution in [2.75, 3.05) is 0 Å². The fourth-order valence-corrected chi connectivity index (χ4v) is 0.833. The summed E-state index contributed by atoms with van der Waals surface area (Å²) in [6.45, 7) is 13.6. The Morgan fingerprint density at radius 3 is 2.31 bits per heavy atom. The summed E-state index contributed by atoms with van der Waals surface area (Å²) in [5.41, 5.74) is 7.69. The predicted molar refractivity (Wildman–Crippen MR) is 76.1 cm³/mol. The van der Waals surface area contributed by atoms with Gasteiger partial charge in [-0.2, -0.15) is 0 Å². The SMILES string of the molecule is C=C/C(=C\C)NC1=CC=C=C=C1.CC.CC.[HH]. The third kappa shape index (κ3) is 7.70. The van der Waals surface area contributed by atoms with Crippen molar-refractivity contribution in [1.29, 1.82) is 0 Å². The number of rotatable bonds is 3. The molecule has 0 spiro atoms.